The Hall–Kier alpha value is -1.86. The van der Waals surface area contributed by atoms with Gasteiger partial charge in [-0.05, 0) is 25.5 Å². The second-order valence-corrected chi connectivity index (χ2v) is 5.07. The highest BCUT2D eigenvalue weighted by Crippen LogP contribution is 2.03. The normalized spacial score (nSPS) is 18.3. The van der Waals surface area contributed by atoms with E-state index in [1.807, 2.05) is 19.9 Å². The molecular formula is C14H21N3O4. The highest BCUT2D eigenvalue weighted by Gasteiger charge is 2.15. The van der Waals surface area contributed by atoms with Gasteiger partial charge in [0.05, 0.1) is 32.5 Å². The lowest BCUT2D eigenvalue weighted by Gasteiger charge is -2.23. The van der Waals surface area contributed by atoms with Crippen molar-refractivity contribution in [1.29, 1.82) is 0 Å². The van der Waals surface area contributed by atoms with E-state index in [0.29, 0.717) is 31.9 Å². The molecule has 7 nitrogen and oxygen atoms in total. The maximum atomic E-state index is 11.8. The van der Waals surface area contributed by atoms with Gasteiger partial charge in [0.15, 0.2) is 0 Å². The zero-order valence-electron chi connectivity index (χ0n) is 12.3. The van der Waals surface area contributed by atoms with Crippen LogP contribution < -0.4 is 16.2 Å². The molecule has 21 heavy (non-hydrogen) atoms. The molecule has 1 aromatic heterocycles. The summed E-state index contributed by atoms with van der Waals surface area (Å²) in [6.45, 7) is 5.88. The Kier molecular flexibility index (Phi) is 5.35. The molecule has 1 fully saturated rings. The van der Waals surface area contributed by atoms with E-state index in [0.717, 1.165) is 11.3 Å². The van der Waals surface area contributed by atoms with E-state index in [1.54, 1.807) is 0 Å². The van der Waals surface area contributed by atoms with Gasteiger partial charge >= 0.3 is 6.03 Å². The summed E-state index contributed by atoms with van der Waals surface area (Å²) in [4.78, 5) is 26.3. The summed E-state index contributed by atoms with van der Waals surface area (Å²) < 4.78 is 10.7. The van der Waals surface area contributed by atoms with E-state index in [2.05, 4.69) is 15.6 Å². The van der Waals surface area contributed by atoms with Gasteiger partial charge < -0.3 is 25.1 Å². The number of H-pyrrole nitrogens is 1. The van der Waals surface area contributed by atoms with Gasteiger partial charge in [-0.15, -0.1) is 0 Å². The molecule has 1 atom stereocenters. The molecule has 0 saturated carbocycles. The maximum Gasteiger partial charge on any atom is 0.315 e. The Morgan fingerprint density at radius 1 is 1.38 bits per heavy atom. The van der Waals surface area contributed by atoms with E-state index >= 15 is 0 Å². The molecule has 116 valence electrons. The zero-order valence-corrected chi connectivity index (χ0v) is 12.3. The molecule has 1 aliphatic rings. The molecule has 3 N–H and O–H groups in total. The molecule has 0 unspecified atom stereocenters. The van der Waals surface area contributed by atoms with Gasteiger partial charge in [0.2, 0.25) is 0 Å². The van der Waals surface area contributed by atoms with Crippen LogP contribution in [-0.2, 0) is 16.0 Å². The van der Waals surface area contributed by atoms with Crippen molar-refractivity contribution in [3.8, 4) is 0 Å². The monoisotopic (exact) mass is 295 g/mol. The standard InChI is InChI=1S/C14H21N3O4/c1-9-5-10(2)17-13(18)12(9)7-16-14(19)15-6-11-8-20-3-4-21-11/h5,11H,3-4,6-8H2,1-2H3,(H,17,18)(H2,15,16,19)/t11-/m1/s1. The Morgan fingerprint density at radius 2 is 2.19 bits per heavy atom. The first kappa shape index (κ1) is 15.5. The zero-order chi connectivity index (χ0) is 15.2. The predicted octanol–water partition coefficient (Wildman–Crippen LogP) is 0.206. The fraction of sp³-hybridized carbons (Fsp3) is 0.571. The van der Waals surface area contributed by atoms with Crippen molar-refractivity contribution >= 4 is 6.03 Å². The summed E-state index contributed by atoms with van der Waals surface area (Å²) in [6.07, 6.45) is -0.117. The molecule has 2 rings (SSSR count). The van der Waals surface area contributed by atoms with Crippen molar-refractivity contribution < 1.29 is 14.3 Å². The second-order valence-electron chi connectivity index (χ2n) is 5.07. The van der Waals surface area contributed by atoms with Gasteiger partial charge in [-0.2, -0.15) is 0 Å². The first-order chi connectivity index (χ1) is 10.1. The van der Waals surface area contributed by atoms with Crippen LogP contribution in [0.25, 0.3) is 0 Å². The van der Waals surface area contributed by atoms with Gasteiger partial charge in [0, 0.05) is 17.8 Å². The molecule has 1 aliphatic heterocycles. The third-order valence-electron chi connectivity index (χ3n) is 3.29. The van der Waals surface area contributed by atoms with E-state index < -0.39 is 0 Å². The molecule has 2 amide bonds. The number of carbonyl (C=O) groups excluding carboxylic acids is 1. The van der Waals surface area contributed by atoms with Crippen molar-refractivity contribution in [3.05, 3.63) is 33.2 Å². The van der Waals surface area contributed by atoms with Crippen LogP contribution in [0.15, 0.2) is 10.9 Å². The van der Waals surface area contributed by atoms with Crippen molar-refractivity contribution in [1.82, 2.24) is 15.6 Å². The summed E-state index contributed by atoms with van der Waals surface area (Å²) in [5.74, 6) is 0. The van der Waals surface area contributed by atoms with Crippen molar-refractivity contribution in [2.75, 3.05) is 26.4 Å². The lowest BCUT2D eigenvalue weighted by atomic mass is 10.1. The average Bonchev–Trinajstić information content (AvgIpc) is 2.45. The van der Waals surface area contributed by atoms with Crippen LogP contribution in [0.3, 0.4) is 0 Å². The smallest absolute Gasteiger partial charge is 0.315 e. The van der Waals surface area contributed by atoms with Crippen molar-refractivity contribution in [3.63, 3.8) is 0 Å². The third-order valence-corrected chi connectivity index (χ3v) is 3.29. The van der Waals surface area contributed by atoms with Crippen LogP contribution in [0.5, 0.6) is 0 Å². The molecular weight excluding hydrogens is 274 g/mol. The maximum absolute atomic E-state index is 11.8. The van der Waals surface area contributed by atoms with Crippen LogP contribution in [0.2, 0.25) is 0 Å². The lowest BCUT2D eigenvalue weighted by Crippen LogP contribution is -2.44. The van der Waals surface area contributed by atoms with Crippen molar-refractivity contribution in [2.24, 2.45) is 0 Å². The molecule has 1 aromatic rings. The number of hydrogen-bond acceptors (Lipinski definition) is 4. The number of nitrogens with one attached hydrogen (secondary N) is 3. The van der Waals surface area contributed by atoms with E-state index in [-0.39, 0.29) is 24.2 Å². The molecule has 0 aliphatic carbocycles. The number of amides is 2. The number of aromatic amines is 1. The first-order valence-corrected chi connectivity index (χ1v) is 6.96. The summed E-state index contributed by atoms with van der Waals surface area (Å²) in [5.41, 5.74) is 2.06. The SMILES string of the molecule is Cc1cc(C)c(CNC(=O)NC[C@@H]2COCCO2)c(=O)[nH]1. The second kappa shape index (κ2) is 7.24. The Balaban J connectivity index is 1.80. The number of aromatic nitrogens is 1. The predicted molar refractivity (Wildman–Crippen MR) is 77.3 cm³/mol. The van der Waals surface area contributed by atoms with Gasteiger partial charge in [-0.3, -0.25) is 4.79 Å². The van der Waals surface area contributed by atoms with Gasteiger partial charge in [0.1, 0.15) is 0 Å². The van der Waals surface area contributed by atoms with E-state index in [4.69, 9.17) is 9.47 Å². The third kappa shape index (κ3) is 4.57. The number of carbonyl (C=O) groups is 1. The fourth-order valence-corrected chi connectivity index (χ4v) is 2.19. The largest absolute Gasteiger partial charge is 0.376 e. The molecule has 0 aromatic carbocycles. The minimum Gasteiger partial charge on any atom is -0.376 e. The Morgan fingerprint density at radius 3 is 2.86 bits per heavy atom. The number of aryl methyl sites for hydroxylation is 2. The quantitative estimate of drug-likeness (QED) is 0.740. The number of pyridine rings is 1. The molecule has 1 saturated heterocycles. The minimum absolute atomic E-state index is 0.117. The summed E-state index contributed by atoms with van der Waals surface area (Å²) in [6, 6.07) is 1.55. The molecule has 2 heterocycles. The fourth-order valence-electron chi connectivity index (χ4n) is 2.19. The Labute approximate surface area is 123 Å². The minimum atomic E-state index is -0.330. The summed E-state index contributed by atoms with van der Waals surface area (Å²) in [7, 11) is 0. The number of ether oxygens (including phenoxy) is 2. The van der Waals surface area contributed by atoms with Crippen LogP contribution in [0, 0.1) is 13.8 Å². The van der Waals surface area contributed by atoms with Crippen LogP contribution >= 0.6 is 0 Å². The van der Waals surface area contributed by atoms with E-state index in [1.165, 1.54) is 0 Å². The summed E-state index contributed by atoms with van der Waals surface area (Å²) >= 11 is 0. The number of hydrogen-bond donors (Lipinski definition) is 3. The number of urea groups is 1. The van der Waals surface area contributed by atoms with E-state index in [9.17, 15) is 9.59 Å². The molecule has 0 radical (unpaired) electrons. The van der Waals surface area contributed by atoms with Gasteiger partial charge in [-0.1, -0.05) is 0 Å². The highest BCUT2D eigenvalue weighted by atomic mass is 16.6. The Bertz CT molecular complexity index is 550. The first-order valence-electron chi connectivity index (χ1n) is 6.96. The van der Waals surface area contributed by atoms with Crippen LogP contribution in [0.1, 0.15) is 16.8 Å². The van der Waals surface area contributed by atoms with Crippen LogP contribution in [0.4, 0.5) is 4.79 Å². The topological polar surface area (TPSA) is 92.4 Å². The molecule has 0 spiro atoms. The lowest BCUT2D eigenvalue weighted by molar-refractivity contribution is -0.0853. The average molecular weight is 295 g/mol. The van der Waals surface area contributed by atoms with Crippen LogP contribution in [-0.4, -0.2) is 43.5 Å². The van der Waals surface area contributed by atoms with Crippen molar-refractivity contribution in [2.45, 2.75) is 26.5 Å². The molecule has 0 bridgehead atoms. The number of rotatable bonds is 4. The molecule has 7 heteroatoms. The highest BCUT2D eigenvalue weighted by molar-refractivity contribution is 5.73. The summed E-state index contributed by atoms with van der Waals surface area (Å²) in [5, 5.41) is 5.38. The van der Waals surface area contributed by atoms with Gasteiger partial charge in [-0.25, -0.2) is 4.79 Å². The van der Waals surface area contributed by atoms with Gasteiger partial charge in [0.25, 0.3) is 5.56 Å².